The van der Waals surface area contributed by atoms with Crippen LogP contribution in [0.4, 0.5) is 0 Å². The number of benzene rings is 1. The Bertz CT molecular complexity index is 698. The highest BCUT2D eigenvalue weighted by atomic mass is 32.2. The Hall–Kier alpha value is -1.48. The summed E-state index contributed by atoms with van der Waals surface area (Å²) < 4.78 is 27.2. The van der Waals surface area contributed by atoms with E-state index < -0.39 is 10.0 Å². The van der Waals surface area contributed by atoms with Gasteiger partial charge in [0.25, 0.3) is 5.91 Å². The van der Waals surface area contributed by atoms with Gasteiger partial charge in [0.05, 0.1) is 4.90 Å². The van der Waals surface area contributed by atoms with E-state index in [4.69, 9.17) is 0 Å². The van der Waals surface area contributed by atoms with Gasteiger partial charge in [-0.3, -0.25) is 4.79 Å². The second-order valence-electron chi connectivity index (χ2n) is 6.78. The third-order valence-corrected chi connectivity index (χ3v) is 6.47. The topological polar surface area (TPSA) is 73.0 Å². The molecule has 0 saturated carbocycles. The number of hydrogen-bond acceptors (Lipinski definition) is 5. The molecule has 0 bridgehead atoms. The fraction of sp³-hybridized carbons (Fsp3) is 0.611. The van der Waals surface area contributed by atoms with Crippen molar-refractivity contribution in [3.63, 3.8) is 0 Å². The summed E-state index contributed by atoms with van der Waals surface area (Å²) >= 11 is 0. The number of rotatable bonds is 8. The zero-order chi connectivity index (χ0) is 19.2. The van der Waals surface area contributed by atoms with Crippen LogP contribution in [0.5, 0.6) is 0 Å². The molecular formula is C18H30N4O3S. The number of carbonyl (C=O) groups excluding carboxylic acids is 1. The van der Waals surface area contributed by atoms with Gasteiger partial charge in [-0.15, -0.1) is 0 Å². The van der Waals surface area contributed by atoms with E-state index in [0.717, 1.165) is 32.6 Å². The number of likely N-dealkylation sites (N-methyl/N-ethyl adjacent to an activating group) is 1. The predicted octanol–water partition coefficient (Wildman–Crippen LogP) is 0.694. The van der Waals surface area contributed by atoms with Crippen LogP contribution in [0.25, 0.3) is 0 Å². The van der Waals surface area contributed by atoms with Crippen LogP contribution in [0.3, 0.4) is 0 Å². The van der Waals surface area contributed by atoms with Crippen molar-refractivity contribution in [3.05, 3.63) is 29.8 Å². The van der Waals surface area contributed by atoms with Gasteiger partial charge in [0, 0.05) is 38.3 Å². The van der Waals surface area contributed by atoms with Crippen molar-refractivity contribution in [1.29, 1.82) is 0 Å². The molecule has 1 amide bonds. The maximum absolute atomic E-state index is 12.9. The molecule has 1 aromatic carbocycles. The van der Waals surface area contributed by atoms with Crippen molar-refractivity contribution in [1.82, 2.24) is 19.4 Å². The van der Waals surface area contributed by atoms with E-state index in [0.29, 0.717) is 25.2 Å². The second-order valence-corrected chi connectivity index (χ2v) is 8.72. The van der Waals surface area contributed by atoms with E-state index in [2.05, 4.69) is 22.0 Å². The Kier molecular flexibility index (Phi) is 7.57. The molecule has 0 unspecified atom stereocenters. The molecule has 0 aliphatic carbocycles. The van der Waals surface area contributed by atoms with Gasteiger partial charge in [0.1, 0.15) is 0 Å². The molecule has 0 atom stereocenters. The van der Waals surface area contributed by atoms with Crippen LogP contribution in [0.15, 0.2) is 29.2 Å². The maximum Gasteiger partial charge on any atom is 0.251 e. The van der Waals surface area contributed by atoms with Crippen LogP contribution in [0.1, 0.15) is 23.7 Å². The standard InChI is InChI=1S/C18H30N4O3S/c1-4-21-11-13-22(14-12-21)26(24,25)17-8-5-7-16(15-17)18(23)19-9-6-10-20(2)3/h5,7-8,15H,4,6,9-14H2,1-3H3,(H,19,23). The maximum atomic E-state index is 12.9. The summed E-state index contributed by atoms with van der Waals surface area (Å²) in [5.41, 5.74) is 0.378. The van der Waals surface area contributed by atoms with Gasteiger partial charge in [-0.1, -0.05) is 13.0 Å². The fourth-order valence-electron chi connectivity index (χ4n) is 2.93. The van der Waals surface area contributed by atoms with Crippen molar-refractivity contribution >= 4 is 15.9 Å². The normalized spacial score (nSPS) is 16.8. The summed E-state index contributed by atoms with van der Waals surface area (Å²) in [5.74, 6) is -0.239. The van der Waals surface area contributed by atoms with E-state index in [9.17, 15) is 13.2 Å². The van der Waals surface area contributed by atoms with Gasteiger partial charge in [0.15, 0.2) is 0 Å². The lowest BCUT2D eigenvalue weighted by Crippen LogP contribution is -2.48. The van der Waals surface area contributed by atoms with Crippen LogP contribution >= 0.6 is 0 Å². The van der Waals surface area contributed by atoms with Crippen molar-refractivity contribution in [2.24, 2.45) is 0 Å². The van der Waals surface area contributed by atoms with E-state index in [-0.39, 0.29) is 10.8 Å². The third kappa shape index (κ3) is 5.51. The zero-order valence-electron chi connectivity index (χ0n) is 15.9. The SMILES string of the molecule is CCN1CCN(S(=O)(=O)c2cccc(C(=O)NCCCN(C)C)c2)CC1. The van der Waals surface area contributed by atoms with Crippen molar-refractivity contribution in [2.75, 3.05) is 59.9 Å². The van der Waals surface area contributed by atoms with Crippen LogP contribution < -0.4 is 5.32 Å². The van der Waals surface area contributed by atoms with E-state index in [1.165, 1.54) is 10.4 Å². The number of hydrogen-bond donors (Lipinski definition) is 1. The summed E-state index contributed by atoms with van der Waals surface area (Å²) in [4.78, 5) is 16.7. The molecular weight excluding hydrogens is 352 g/mol. The highest BCUT2D eigenvalue weighted by Gasteiger charge is 2.28. The first kappa shape index (κ1) is 20.8. The first-order chi connectivity index (χ1) is 12.3. The number of sulfonamides is 1. The van der Waals surface area contributed by atoms with Crippen LogP contribution in [-0.2, 0) is 10.0 Å². The lowest BCUT2D eigenvalue weighted by molar-refractivity contribution is 0.0952. The summed E-state index contributed by atoms with van der Waals surface area (Å²) in [6.07, 6.45) is 0.846. The number of nitrogens with zero attached hydrogens (tertiary/aromatic N) is 3. The Morgan fingerprint density at radius 1 is 1.19 bits per heavy atom. The monoisotopic (exact) mass is 382 g/mol. The minimum absolute atomic E-state index is 0.184. The fourth-order valence-corrected chi connectivity index (χ4v) is 4.40. The summed E-state index contributed by atoms with van der Waals surface area (Å²) in [5, 5.41) is 2.85. The smallest absolute Gasteiger partial charge is 0.251 e. The Labute approximate surface area is 157 Å². The highest BCUT2D eigenvalue weighted by Crippen LogP contribution is 2.19. The summed E-state index contributed by atoms with van der Waals surface area (Å²) in [6, 6.07) is 6.31. The molecule has 1 N–H and O–H groups in total. The average Bonchev–Trinajstić information content (AvgIpc) is 2.65. The molecule has 1 aromatic rings. The lowest BCUT2D eigenvalue weighted by atomic mass is 10.2. The quantitative estimate of drug-likeness (QED) is 0.670. The third-order valence-electron chi connectivity index (χ3n) is 4.58. The van der Waals surface area contributed by atoms with Gasteiger partial charge in [-0.2, -0.15) is 4.31 Å². The van der Waals surface area contributed by atoms with Crippen LogP contribution in [-0.4, -0.2) is 88.3 Å². The zero-order valence-corrected chi connectivity index (χ0v) is 16.8. The number of piperazine rings is 1. The number of carbonyl (C=O) groups is 1. The van der Waals surface area contributed by atoms with Gasteiger partial charge in [0.2, 0.25) is 10.0 Å². The van der Waals surface area contributed by atoms with Gasteiger partial charge < -0.3 is 15.1 Å². The molecule has 8 heteroatoms. The van der Waals surface area contributed by atoms with Crippen molar-refractivity contribution in [2.45, 2.75) is 18.2 Å². The molecule has 1 saturated heterocycles. The lowest BCUT2D eigenvalue weighted by Gasteiger charge is -2.33. The minimum atomic E-state index is -3.57. The molecule has 7 nitrogen and oxygen atoms in total. The molecule has 1 aliphatic heterocycles. The summed E-state index contributed by atoms with van der Waals surface area (Å²) in [6.45, 7) is 6.89. The molecule has 2 rings (SSSR count). The van der Waals surface area contributed by atoms with Crippen LogP contribution in [0.2, 0.25) is 0 Å². The Morgan fingerprint density at radius 3 is 2.50 bits per heavy atom. The molecule has 26 heavy (non-hydrogen) atoms. The van der Waals surface area contributed by atoms with Crippen LogP contribution in [0, 0.1) is 0 Å². The Morgan fingerprint density at radius 2 is 1.88 bits per heavy atom. The van der Waals surface area contributed by atoms with Gasteiger partial charge in [-0.05, 0) is 51.8 Å². The highest BCUT2D eigenvalue weighted by molar-refractivity contribution is 7.89. The molecule has 0 spiro atoms. The molecule has 146 valence electrons. The number of nitrogens with one attached hydrogen (secondary N) is 1. The number of amides is 1. The molecule has 1 heterocycles. The Balaban J connectivity index is 2.02. The van der Waals surface area contributed by atoms with Crippen molar-refractivity contribution in [3.8, 4) is 0 Å². The molecule has 1 fully saturated rings. The summed E-state index contributed by atoms with van der Waals surface area (Å²) in [7, 11) is 0.399. The van der Waals surface area contributed by atoms with Gasteiger partial charge in [-0.25, -0.2) is 8.42 Å². The first-order valence-corrected chi connectivity index (χ1v) is 10.5. The first-order valence-electron chi connectivity index (χ1n) is 9.10. The molecule has 0 radical (unpaired) electrons. The van der Waals surface area contributed by atoms with Gasteiger partial charge >= 0.3 is 0 Å². The predicted molar refractivity (Wildman–Crippen MR) is 103 cm³/mol. The van der Waals surface area contributed by atoms with Crippen molar-refractivity contribution < 1.29 is 13.2 Å². The minimum Gasteiger partial charge on any atom is -0.352 e. The average molecular weight is 383 g/mol. The van der Waals surface area contributed by atoms with E-state index in [1.807, 2.05) is 14.1 Å². The molecule has 1 aliphatic rings. The molecule has 0 aromatic heterocycles. The van der Waals surface area contributed by atoms with E-state index in [1.54, 1.807) is 18.2 Å². The largest absolute Gasteiger partial charge is 0.352 e. The van der Waals surface area contributed by atoms with E-state index >= 15 is 0 Å². The second kappa shape index (κ2) is 9.45.